The molecule has 28 heavy (non-hydrogen) atoms. The summed E-state index contributed by atoms with van der Waals surface area (Å²) in [6.45, 7) is 1.77. The third-order valence-electron chi connectivity index (χ3n) is 6.48. The highest BCUT2D eigenvalue weighted by Gasteiger charge is 2.44. The number of aliphatic carboxylic acids is 1. The van der Waals surface area contributed by atoms with Gasteiger partial charge in [-0.3, -0.25) is 0 Å². The number of rotatable bonds is 10. The quantitative estimate of drug-likeness (QED) is 0.418. The molecule has 5 atom stereocenters. The summed E-state index contributed by atoms with van der Waals surface area (Å²) >= 11 is 0. The van der Waals surface area contributed by atoms with Gasteiger partial charge in [0.15, 0.2) is 6.61 Å². The summed E-state index contributed by atoms with van der Waals surface area (Å²) in [4.78, 5) is 10.9. The molecule has 0 aromatic heterocycles. The third-order valence-corrected chi connectivity index (χ3v) is 6.48. The summed E-state index contributed by atoms with van der Waals surface area (Å²) in [6, 6.07) is 5.72. The molecule has 0 bridgehead atoms. The third kappa shape index (κ3) is 5.06. The van der Waals surface area contributed by atoms with E-state index < -0.39 is 12.0 Å². The van der Waals surface area contributed by atoms with Crippen LogP contribution in [0.25, 0.3) is 0 Å². The van der Waals surface area contributed by atoms with E-state index in [9.17, 15) is 15.0 Å². The van der Waals surface area contributed by atoms with Gasteiger partial charge < -0.3 is 20.1 Å². The maximum absolute atomic E-state index is 10.9. The van der Waals surface area contributed by atoms with Crippen molar-refractivity contribution in [2.75, 3.05) is 6.61 Å². The van der Waals surface area contributed by atoms with Crippen LogP contribution in [0.4, 0.5) is 0 Å². The highest BCUT2D eigenvalue weighted by Crippen LogP contribution is 2.48. The molecule has 5 nitrogen and oxygen atoms in total. The second-order valence-corrected chi connectivity index (χ2v) is 8.44. The zero-order valence-corrected chi connectivity index (χ0v) is 16.8. The molecular weight excluding hydrogens is 358 g/mol. The fourth-order valence-corrected chi connectivity index (χ4v) is 5.03. The van der Waals surface area contributed by atoms with Gasteiger partial charge in [-0.1, -0.05) is 38.3 Å². The Kier molecular flexibility index (Phi) is 6.86. The number of carbonyl (C=O) groups is 1. The number of unbranched alkanes of at least 4 members (excludes halogenated alkanes) is 2. The Morgan fingerprint density at radius 2 is 2.14 bits per heavy atom. The molecule has 0 spiro atoms. The van der Waals surface area contributed by atoms with E-state index in [4.69, 9.17) is 11.2 Å². The Balaban J connectivity index is 1.68. The minimum absolute atomic E-state index is 0.148. The van der Waals surface area contributed by atoms with E-state index >= 15 is 0 Å². The molecular formula is C23H34O5. The monoisotopic (exact) mass is 393 g/mol. The number of ether oxygens (including phenoxy) is 1. The molecule has 1 aromatic carbocycles. The van der Waals surface area contributed by atoms with Gasteiger partial charge in [-0.2, -0.15) is 0 Å². The number of hydrogen-bond acceptors (Lipinski definition) is 4. The van der Waals surface area contributed by atoms with Crippen molar-refractivity contribution in [2.24, 2.45) is 17.8 Å². The zero-order chi connectivity index (χ0) is 21.0. The predicted molar refractivity (Wildman–Crippen MR) is 107 cm³/mol. The van der Waals surface area contributed by atoms with Crippen molar-refractivity contribution in [3.63, 3.8) is 0 Å². The number of hydrogen-bond donors (Lipinski definition) is 3. The fraction of sp³-hybridized carbons (Fsp3) is 0.696. The lowest BCUT2D eigenvalue weighted by Gasteiger charge is -2.32. The summed E-state index contributed by atoms with van der Waals surface area (Å²) in [5, 5.41) is 30.0. The van der Waals surface area contributed by atoms with Crippen molar-refractivity contribution in [1.82, 2.24) is 0 Å². The SMILES string of the molecule is [2H][C@@]1(O)C[C@@H]2Cc3c(cccc3O[13CH2][13C](=O)O)C[C@@H]2[C@H]1CC[C@@H](O)CCCCC. The topological polar surface area (TPSA) is 87.0 Å². The molecule has 0 amide bonds. The van der Waals surface area contributed by atoms with E-state index in [-0.39, 0.29) is 30.5 Å². The van der Waals surface area contributed by atoms with Gasteiger partial charge in [-0.05, 0) is 73.5 Å². The molecule has 0 unspecified atom stereocenters. The first kappa shape index (κ1) is 19.7. The van der Waals surface area contributed by atoms with Gasteiger partial charge >= 0.3 is 5.97 Å². The van der Waals surface area contributed by atoms with Gasteiger partial charge in [0.25, 0.3) is 0 Å². The van der Waals surface area contributed by atoms with Crippen molar-refractivity contribution < 1.29 is 26.2 Å². The van der Waals surface area contributed by atoms with Crippen LogP contribution in [0.1, 0.15) is 64.4 Å². The van der Waals surface area contributed by atoms with Crippen LogP contribution in [-0.2, 0) is 17.6 Å². The maximum atomic E-state index is 10.9. The minimum Gasteiger partial charge on any atom is -0.482 e. The second kappa shape index (κ2) is 9.75. The summed E-state index contributed by atoms with van der Waals surface area (Å²) in [5.41, 5.74) is 2.14. The van der Waals surface area contributed by atoms with Crippen LogP contribution < -0.4 is 4.74 Å². The lowest BCUT2D eigenvalue weighted by molar-refractivity contribution is -0.139. The number of aliphatic hydroxyl groups excluding tert-OH is 1. The zero-order valence-electron chi connectivity index (χ0n) is 17.8. The van der Waals surface area contributed by atoms with Gasteiger partial charge in [0.05, 0.1) is 13.6 Å². The molecule has 3 N–H and O–H groups in total. The normalized spacial score (nSPS) is 30.2. The van der Waals surface area contributed by atoms with E-state index in [1.54, 1.807) is 6.07 Å². The van der Waals surface area contributed by atoms with Crippen LogP contribution >= 0.6 is 0 Å². The van der Waals surface area contributed by atoms with Gasteiger partial charge in [0, 0.05) is 0 Å². The number of carboxylic acid groups (broad SMARTS) is 1. The average molecular weight is 394 g/mol. The predicted octanol–water partition coefficient (Wildman–Crippen LogP) is 3.58. The van der Waals surface area contributed by atoms with Gasteiger partial charge in [-0.15, -0.1) is 0 Å². The first-order valence-corrected chi connectivity index (χ1v) is 10.7. The van der Waals surface area contributed by atoms with Crippen LogP contribution in [0.15, 0.2) is 18.2 Å². The maximum Gasteiger partial charge on any atom is 0.341 e. The lowest BCUT2D eigenvalue weighted by Crippen LogP contribution is -2.28. The molecule has 0 heterocycles. The first-order chi connectivity index (χ1) is 13.8. The largest absolute Gasteiger partial charge is 0.482 e. The number of aliphatic hydroxyl groups is 2. The van der Waals surface area contributed by atoms with Crippen molar-refractivity contribution in [2.45, 2.75) is 76.9 Å². The molecule has 1 aromatic rings. The molecule has 0 radical (unpaired) electrons. The van der Waals surface area contributed by atoms with E-state index in [0.29, 0.717) is 31.4 Å². The molecule has 2 aliphatic rings. The fourth-order valence-electron chi connectivity index (χ4n) is 5.03. The van der Waals surface area contributed by atoms with Crippen molar-refractivity contribution in [1.29, 1.82) is 0 Å². The van der Waals surface area contributed by atoms with E-state index in [1.807, 2.05) is 12.1 Å². The molecule has 1 saturated carbocycles. The van der Waals surface area contributed by atoms with Gasteiger partial charge in [0.2, 0.25) is 0 Å². The average Bonchev–Trinajstić information content (AvgIpc) is 2.91. The van der Waals surface area contributed by atoms with Crippen molar-refractivity contribution in [3.05, 3.63) is 29.3 Å². The first-order valence-electron chi connectivity index (χ1n) is 11.2. The number of carboxylic acids is 1. The highest BCUT2D eigenvalue weighted by molar-refractivity contribution is 5.68. The standard InChI is InChI=1S/C23H34O5/c1-2-3-4-7-17(24)9-10-18-19-11-15-6-5-8-22(28-14-23(26)27)20(15)12-16(19)13-21(18)25/h5-6,8,16-19,21,24-25H,2-4,7,9-14H2,1H3,(H,26,27)/t16-,17-,18+,19-,21+/m0/s1/i14+1,21D,23+1. The van der Waals surface area contributed by atoms with Crippen LogP contribution in [0.5, 0.6) is 5.75 Å². The van der Waals surface area contributed by atoms with Crippen molar-refractivity contribution >= 4 is 5.97 Å². The Bertz CT molecular complexity index is 705. The van der Waals surface area contributed by atoms with Gasteiger partial charge in [-0.25, -0.2) is 4.79 Å². The molecule has 3 rings (SSSR count). The van der Waals surface area contributed by atoms with Gasteiger partial charge in [0.1, 0.15) is 5.75 Å². The summed E-state index contributed by atoms with van der Waals surface area (Å²) in [7, 11) is 0. The van der Waals surface area contributed by atoms with E-state index in [2.05, 4.69) is 6.92 Å². The summed E-state index contributed by atoms with van der Waals surface area (Å²) in [5.74, 6) is -0.156. The molecule has 5 heteroatoms. The molecule has 2 aliphatic carbocycles. The molecule has 1 fully saturated rings. The Hall–Kier alpha value is -1.59. The van der Waals surface area contributed by atoms with E-state index in [1.165, 1.54) is 0 Å². The summed E-state index contributed by atoms with van der Waals surface area (Å²) < 4.78 is 14.0. The van der Waals surface area contributed by atoms with E-state index in [0.717, 1.165) is 43.2 Å². The van der Waals surface area contributed by atoms with Crippen LogP contribution in [0, 0.1) is 17.8 Å². The van der Waals surface area contributed by atoms with Crippen molar-refractivity contribution in [3.8, 4) is 5.75 Å². The summed E-state index contributed by atoms with van der Waals surface area (Å²) in [6.07, 6.45) is 5.41. The van der Waals surface area contributed by atoms with Crippen LogP contribution in [0.3, 0.4) is 0 Å². The number of benzene rings is 1. The molecule has 0 aliphatic heterocycles. The highest BCUT2D eigenvalue weighted by atomic mass is 16.6. The number of fused-ring (bicyclic) bond motifs is 2. The second-order valence-electron chi connectivity index (χ2n) is 8.44. The van der Waals surface area contributed by atoms with Crippen LogP contribution in [-0.4, -0.2) is 40.1 Å². The van der Waals surface area contributed by atoms with Crippen LogP contribution in [0.2, 0.25) is 0 Å². The Labute approximate surface area is 169 Å². The Morgan fingerprint density at radius 3 is 2.89 bits per heavy atom. The molecule has 156 valence electrons. The minimum atomic E-state index is -1.47. The Morgan fingerprint density at radius 1 is 1.32 bits per heavy atom. The lowest BCUT2D eigenvalue weighted by atomic mass is 9.73. The smallest absolute Gasteiger partial charge is 0.341 e. The molecule has 0 saturated heterocycles.